The summed E-state index contributed by atoms with van der Waals surface area (Å²) < 4.78 is 0. The molecule has 3 nitrogen and oxygen atoms in total. The van der Waals surface area contributed by atoms with Gasteiger partial charge in [-0.25, -0.2) is 0 Å². The van der Waals surface area contributed by atoms with Gasteiger partial charge in [0.05, 0.1) is 0 Å². The second-order valence-corrected chi connectivity index (χ2v) is 2.25. The van der Waals surface area contributed by atoms with E-state index < -0.39 is 12.0 Å². The van der Waals surface area contributed by atoms with Crippen LogP contribution >= 0.6 is 0 Å². The topological polar surface area (TPSA) is 63.3 Å². The van der Waals surface area contributed by atoms with Gasteiger partial charge >= 0.3 is 5.97 Å². The van der Waals surface area contributed by atoms with Crippen molar-refractivity contribution in [2.75, 3.05) is 0 Å². The predicted octanol–water partition coefficient (Wildman–Crippen LogP) is 0.0577. The summed E-state index contributed by atoms with van der Waals surface area (Å²) in [6, 6.07) is -0.828. The van der Waals surface area contributed by atoms with Crippen LogP contribution in [0.15, 0.2) is 0 Å². The molecule has 3 heteroatoms. The van der Waals surface area contributed by atoms with Gasteiger partial charge in [-0.1, -0.05) is 6.92 Å². The minimum atomic E-state index is -0.998. The summed E-state index contributed by atoms with van der Waals surface area (Å²) >= 11 is 0. The van der Waals surface area contributed by atoms with Gasteiger partial charge < -0.3 is 10.8 Å². The molecule has 0 aliphatic carbocycles. The first-order chi connectivity index (χ1) is 4.57. The quantitative estimate of drug-likeness (QED) is 0.546. The van der Waals surface area contributed by atoms with Gasteiger partial charge in [0.25, 0.3) is 0 Å². The number of hydrogen-bond acceptors (Lipinski definition) is 2. The fraction of sp³-hybridized carbons (Fsp3) is 0.571. The van der Waals surface area contributed by atoms with Crippen LogP contribution in [0.2, 0.25) is 0 Å². The van der Waals surface area contributed by atoms with E-state index in [0.29, 0.717) is 6.42 Å². The highest BCUT2D eigenvalue weighted by atomic mass is 16.4. The highest BCUT2D eigenvalue weighted by Gasteiger charge is 2.13. The van der Waals surface area contributed by atoms with Gasteiger partial charge in [0.15, 0.2) is 0 Å². The third kappa shape index (κ3) is 3.10. The van der Waals surface area contributed by atoms with Crippen LogP contribution in [0.4, 0.5) is 0 Å². The van der Waals surface area contributed by atoms with Gasteiger partial charge in [0, 0.05) is 5.92 Å². The Balaban J connectivity index is 3.70. The minimum absolute atomic E-state index is 0.0638. The molecule has 0 aromatic rings. The van der Waals surface area contributed by atoms with E-state index in [1.807, 2.05) is 0 Å². The fourth-order valence-corrected chi connectivity index (χ4v) is 0.550. The first-order valence-electron chi connectivity index (χ1n) is 3.02. The van der Waals surface area contributed by atoms with Gasteiger partial charge in [-0.15, -0.1) is 12.3 Å². The van der Waals surface area contributed by atoms with Crippen molar-refractivity contribution in [1.82, 2.24) is 0 Å². The number of carbonyl (C=O) groups is 1. The van der Waals surface area contributed by atoms with Crippen LogP contribution in [0, 0.1) is 18.3 Å². The number of nitrogens with two attached hydrogens (primary N) is 1. The Morgan fingerprint density at radius 3 is 2.70 bits per heavy atom. The Kier molecular flexibility index (Phi) is 3.52. The molecule has 0 aliphatic rings. The standard InChI is InChI=1S/C7H11NO2/c1-3-5(2)4-6(8)7(9)10/h1,5-6H,4,8H2,2H3,(H,9,10)/t5-,6-/m0/s1. The molecule has 0 aliphatic heterocycles. The summed E-state index contributed by atoms with van der Waals surface area (Å²) in [5, 5.41) is 8.33. The molecule has 10 heavy (non-hydrogen) atoms. The molecule has 0 spiro atoms. The maximum Gasteiger partial charge on any atom is 0.320 e. The molecule has 0 heterocycles. The zero-order chi connectivity index (χ0) is 8.15. The molecule has 0 unspecified atom stereocenters. The van der Waals surface area contributed by atoms with Crippen molar-refractivity contribution in [2.24, 2.45) is 11.7 Å². The molecule has 56 valence electrons. The summed E-state index contributed by atoms with van der Waals surface area (Å²) in [6.07, 6.45) is 5.36. The average Bonchev–Trinajstić information content (AvgIpc) is 1.87. The van der Waals surface area contributed by atoms with E-state index >= 15 is 0 Å². The lowest BCUT2D eigenvalue weighted by Crippen LogP contribution is -2.31. The molecule has 0 aromatic heterocycles. The van der Waals surface area contributed by atoms with Crippen molar-refractivity contribution in [3.05, 3.63) is 0 Å². The molecule has 0 rings (SSSR count). The molecule has 0 bridgehead atoms. The van der Waals surface area contributed by atoms with Gasteiger partial charge in [-0.05, 0) is 6.42 Å². The lowest BCUT2D eigenvalue weighted by molar-refractivity contribution is -0.138. The van der Waals surface area contributed by atoms with Crippen LogP contribution in [0.3, 0.4) is 0 Å². The van der Waals surface area contributed by atoms with Crippen molar-refractivity contribution in [2.45, 2.75) is 19.4 Å². The van der Waals surface area contributed by atoms with E-state index in [0.717, 1.165) is 0 Å². The summed E-state index contributed by atoms with van der Waals surface area (Å²) in [6.45, 7) is 1.77. The largest absolute Gasteiger partial charge is 0.480 e. The number of carboxylic acid groups (broad SMARTS) is 1. The Labute approximate surface area is 60.2 Å². The van der Waals surface area contributed by atoms with Crippen molar-refractivity contribution in [3.8, 4) is 12.3 Å². The maximum atomic E-state index is 10.2. The highest BCUT2D eigenvalue weighted by molar-refractivity contribution is 5.73. The molecule has 0 radical (unpaired) electrons. The summed E-state index contributed by atoms with van der Waals surface area (Å²) in [4.78, 5) is 10.2. The van der Waals surface area contributed by atoms with Gasteiger partial charge in [-0.3, -0.25) is 4.79 Å². The molecule has 0 saturated carbocycles. The summed E-state index contributed by atoms with van der Waals surface area (Å²) in [5.41, 5.74) is 5.20. The molecule has 0 amide bonds. The molecule has 0 saturated heterocycles. The average molecular weight is 141 g/mol. The van der Waals surface area contributed by atoms with E-state index in [1.54, 1.807) is 6.92 Å². The number of rotatable bonds is 3. The third-order valence-corrected chi connectivity index (χ3v) is 1.21. The molecule has 3 N–H and O–H groups in total. The van der Waals surface area contributed by atoms with E-state index in [-0.39, 0.29) is 5.92 Å². The van der Waals surface area contributed by atoms with E-state index in [4.69, 9.17) is 17.3 Å². The molecular weight excluding hydrogens is 130 g/mol. The van der Waals surface area contributed by atoms with E-state index in [1.165, 1.54) is 0 Å². The van der Waals surface area contributed by atoms with Crippen molar-refractivity contribution in [3.63, 3.8) is 0 Å². The first kappa shape index (κ1) is 8.99. The van der Waals surface area contributed by atoms with E-state index in [9.17, 15) is 4.79 Å². The molecular formula is C7H11NO2. The SMILES string of the molecule is C#C[C@H](C)C[C@H](N)C(=O)O. The smallest absolute Gasteiger partial charge is 0.320 e. The zero-order valence-corrected chi connectivity index (χ0v) is 5.87. The Hall–Kier alpha value is -1.01. The normalized spacial score (nSPS) is 15.3. The van der Waals surface area contributed by atoms with Crippen LogP contribution in [0.25, 0.3) is 0 Å². The van der Waals surface area contributed by atoms with Crippen molar-refractivity contribution >= 4 is 5.97 Å². The number of hydrogen-bond donors (Lipinski definition) is 2. The zero-order valence-electron chi connectivity index (χ0n) is 5.87. The number of aliphatic carboxylic acids is 1. The van der Waals surface area contributed by atoms with Crippen LogP contribution in [-0.2, 0) is 4.79 Å². The molecule has 0 aromatic carbocycles. The lowest BCUT2D eigenvalue weighted by atomic mass is 10.0. The number of terminal acetylenes is 1. The minimum Gasteiger partial charge on any atom is -0.480 e. The summed E-state index contributed by atoms with van der Waals surface area (Å²) in [5.74, 6) is 1.35. The van der Waals surface area contributed by atoms with Gasteiger partial charge in [0.2, 0.25) is 0 Å². The fourth-order valence-electron chi connectivity index (χ4n) is 0.550. The van der Waals surface area contributed by atoms with E-state index in [2.05, 4.69) is 5.92 Å². The van der Waals surface area contributed by atoms with Crippen molar-refractivity contribution in [1.29, 1.82) is 0 Å². The Morgan fingerprint density at radius 2 is 2.40 bits per heavy atom. The van der Waals surface area contributed by atoms with Crippen LogP contribution in [-0.4, -0.2) is 17.1 Å². The van der Waals surface area contributed by atoms with Crippen LogP contribution < -0.4 is 5.73 Å². The van der Waals surface area contributed by atoms with Crippen LogP contribution in [0.1, 0.15) is 13.3 Å². The number of carboxylic acids is 1. The van der Waals surface area contributed by atoms with Crippen LogP contribution in [0.5, 0.6) is 0 Å². The highest BCUT2D eigenvalue weighted by Crippen LogP contribution is 2.01. The second-order valence-electron chi connectivity index (χ2n) is 2.25. The third-order valence-electron chi connectivity index (χ3n) is 1.21. The maximum absolute atomic E-state index is 10.2. The summed E-state index contributed by atoms with van der Waals surface area (Å²) in [7, 11) is 0. The van der Waals surface area contributed by atoms with Gasteiger partial charge in [0.1, 0.15) is 6.04 Å². The molecule has 2 atom stereocenters. The Bertz CT molecular complexity index is 159. The monoisotopic (exact) mass is 141 g/mol. The second kappa shape index (κ2) is 3.91. The van der Waals surface area contributed by atoms with Crippen molar-refractivity contribution < 1.29 is 9.90 Å². The predicted molar refractivity (Wildman–Crippen MR) is 38.2 cm³/mol. The molecule has 0 fully saturated rings. The first-order valence-corrected chi connectivity index (χ1v) is 3.02. The Morgan fingerprint density at radius 1 is 1.90 bits per heavy atom. The van der Waals surface area contributed by atoms with Gasteiger partial charge in [-0.2, -0.15) is 0 Å². The lowest BCUT2D eigenvalue weighted by Gasteiger charge is -2.07.